The molecule has 2 aromatic carbocycles. The van der Waals surface area contributed by atoms with Crippen LogP contribution in [0.1, 0.15) is 15.9 Å². The zero-order valence-corrected chi connectivity index (χ0v) is 10.9. The number of carboxylic acid groups (broad SMARTS) is 1. The Morgan fingerprint density at radius 1 is 1.24 bits per heavy atom. The number of hydrogen-bond donors (Lipinski definition) is 1. The number of ether oxygens (including phenoxy) is 1. The fraction of sp³-hybridized carbons (Fsp3) is 0.0714. The van der Waals surface area contributed by atoms with E-state index < -0.39 is 16.7 Å². The van der Waals surface area contributed by atoms with E-state index in [0.29, 0.717) is 5.56 Å². The van der Waals surface area contributed by atoms with E-state index in [1.165, 1.54) is 18.2 Å². The van der Waals surface area contributed by atoms with Crippen molar-refractivity contribution >= 4 is 11.7 Å². The Morgan fingerprint density at radius 2 is 1.95 bits per heavy atom. The standard InChI is InChI=1S/C14H10FNO5/c1-8-2-5-11(15)13(6-8)21-12-7-9(16(19)20)3-4-10(12)14(17)18/h2-7H,1H3,(H,17,18). The highest BCUT2D eigenvalue weighted by molar-refractivity contribution is 5.91. The van der Waals surface area contributed by atoms with Crippen molar-refractivity contribution in [2.75, 3.05) is 0 Å². The predicted octanol–water partition coefficient (Wildman–Crippen LogP) is 3.53. The van der Waals surface area contributed by atoms with Gasteiger partial charge in [0.15, 0.2) is 11.6 Å². The third-order valence-corrected chi connectivity index (χ3v) is 2.71. The minimum atomic E-state index is -1.33. The first-order valence-electron chi connectivity index (χ1n) is 5.84. The monoisotopic (exact) mass is 291 g/mol. The Kier molecular flexibility index (Phi) is 3.84. The molecule has 0 aliphatic heterocycles. The van der Waals surface area contributed by atoms with Crippen LogP contribution in [0.5, 0.6) is 11.5 Å². The molecule has 0 heterocycles. The third-order valence-electron chi connectivity index (χ3n) is 2.71. The normalized spacial score (nSPS) is 10.2. The maximum atomic E-state index is 13.6. The van der Waals surface area contributed by atoms with Gasteiger partial charge in [0.05, 0.1) is 11.0 Å². The Hall–Kier alpha value is -2.96. The Labute approximate surface area is 118 Å². The zero-order chi connectivity index (χ0) is 15.6. The van der Waals surface area contributed by atoms with E-state index in [9.17, 15) is 19.3 Å². The molecule has 0 saturated heterocycles. The molecule has 2 aromatic rings. The lowest BCUT2D eigenvalue weighted by Crippen LogP contribution is -2.02. The molecule has 6 nitrogen and oxygen atoms in total. The summed E-state index contributed by atoms with van der Waals surface area (Å²) in [6, 6.07) is 7.10. The molecule has 0 spiro atoms. The van der Waals surface area contributed by atoms with Crippen molar-refractivity contribution in [3.05, 3.63) is 63.5 Å². The number of halogens is 1. The van der Waals surface area contributed by atoms with Gasteiger partial charge in [-0.15, -0.1) is 0 Å². The van der Waals surface area contributed by atoms with E-state index in [2.05, 4.69) is 0 Å². The maximum Gasteiger partial charge on any atom is 0.339 e. The first-order chi connectivity index (χ1) is 9.88. The highest BCUT2D eigenvalue weighted by Gasteiger charge is 2.18. The summed E-state index contributed by atoms with van der Waals surface area (Å²) in [5.74, 6) is -2.50. The number of aryl methyl sites for hydroxylation is 1. The second-order valence-corrected chi connectivity index (χ2v) is 4.28. The molecule has 21 heavy (non-hydrogen) atoms. The van der Waals surface area contributed by atoms with E-state index in [-0.39, 0.29) is 22.7 Å². The largest absolute Gasteiger partial charge is 0.478 e. The van der Waals surface area contributed by atoms with Crippen molar-refractivity contribution in [2.24, 2.45) is 0 Å². The van der Waals surface area contributed by atoms with E-state index in [1.807, 2.05) is 0 Å². The molecular formula is C14H10FNO5. The van der Waals surface area contributed by atoms with Gasteiger partial charge in [-0.1, -0.05) is 6.07 Å². The van der Waals surface area contributed by atoms with Crippen LogP contribution in [0, 0.1) is 22.9 Å². The van der Waals surface area contributed by atoms with Gasteiger partial charge in [-0.2, -0.15) is 0 Å². The summed E-state index contributed by atoms with van der Waals surface area (Å²) in [5.41, 5.74) is 0.0678. The number of carboxylic acids is 1. The first kappa shape index (κ1) is 14.4. The van der Waals surface area contributed by atoms with Gasteiger partial charge in [-0.05, 0) is 30.7 Å². The van der Waals surface area contributed by atoms with Crippen LogP contribution < -0.4 is 4.74 Å². The lowest BCUT2D eigenvalue weighted by Gasteiger charge is -2.10. The van der Waals surface area contributed by atoms with E-state index >= 15 is 0 Å². The van der Waals surface area contributed by atoms with Crippen LogP contribution in [-0.2, 0) is 0 Å². The van der Waals surface area contributed by atoms with Crippen LogP contribution in [0.3, 0.4) is 0 Å². The quantitative estimate of drug-likeness (QED) is 0.687. The molecule has 0 atom stereocenters. The summed E-state index contributed by atoms with van der Waals surface area (Å²) in [6.45, 7) is 1.71. The van der Waals surface area contributed by atoms with Gasteiger partial charge < -0.3 is 9.84 Å². The molecule has 7 heteroatoms. The average Bonchev–Trinajstić information content (AvgIpc) is 2.42. The molecule has 0 amide bonds. The van der Waals surface area contributed by atoms with Gasteiger partial charge in [0.1, 0.15) is 11.3 Å². The smallest absolute Gasteiger partial charge is 0.339 e. The van der Waals surface area contributed by atoms with Crippen LogP contribution >= 0.6 is 0 Å². The van der Waals surface area contributed by atoms with Gasteiger partial charge >= 0.3 is 5.97 Å². The van der Waals surface area contributed by atoms with Crippen LogP contribution in [0.15, 0.2) is 36.4 Å². The molecular weight excluding hydrogens is 281 g/mol. The Balaban J connectivity index is 2.50. The number of nitro benzene ring substituents is 1. The lowest BCUT2D eigenvalue weighted by molar-refractivity contribution is -0.384. The molecule has 0 aliphatic rings. The van der Waals surface area contributed by atoms with Crippen LogP contribution in [-0.4, -0.2) is 16.0 Å². The highest BCUT2D eigenvalue weighted by Crippen LogP contribution is 2.31. The van der Waals surface area contributed by atoms with Crippen molar-refractivity contribution in [1.82, 2.24) is 0 Å². The molecule has 0 fully saturated rings. The number of non-ortho nitro benzene ring substituents is 1. The minimum absolute atomic E-state index is 0.196. The first-order valence-corrected chi connectivity index (χ1v) is 5.84. The molecule has 0 aromatic heterocycles. The minimum Gasteiger partial charge on any atom is -0.478 e. The summed E-state index contributed by atoms with van der Waals surface area (Å²) >= 11 is 0. The Bertz CT molecular complexity index is 729. The van der Waals surface area contributed by atoms with Crippen molar-refractivity contribution < 1.29 is 24.0 Å². The average molecular weight is 291 g/mol. The predicted molar refractivity (Wildman–Crippen MR) is 71.3 cm³/mol. The van der Waals surface area contributed by atoms with Gasteiger partial charge in [-0.25, -0.2) is 9.18 Å². The molecule has 1 N–H and O–H groups in total. The van der Waals surface area contributed by atoms with E-state index in [0.717, 1.165) is 18.2 Å². The molecule has 0 saturated carbocycles. The molecule has 0 aliphatic carbocycles. The maximum absolute atomic E-state index is 13.6. The van der Waals surface area contributed by atoms with Gasteiger partial charge in [-0.3, -0.25) is 10.1 Å². The van der Waals surface area contributed by atoms with Crippen LogP contribution in [0.25, 0.3) is 0 Å². The summed E-state index contributed by atoms with van der Waals surface area (Å²) in [7, 11) is 0. The topological polar surface area (TPSA) is 89.7 Å². The fourth-order valence-corrected chi connectivity index (χ4v) is 1.69. The van der Waals surface area contributed by atoms with Crippen molar-refractivity contribution in [2.45, 2.75) is 6.92 Å². The fourth-order valence-electron chi connectivity index (χ4n) is 1.69. The van der Waals surface area contributed by atoms with E-state index in [4.69, 9.17) is 9.84 Å². The highest BCUT2D eigenvalue weighted by atomic mass is 19.1. The molecule has 2 rings (SSSR count). The summed E-state index contributed by atoms with van der Waals surface area (Å²) < 4.78 is 18.9. The summed E-state index contributed by atoms with van der Waals surface area (Å²) in [6.07, 6.45) is 0. The van der Waals surface area contributed by atoms with Crippen LogP contribution in [0.2, 0.25) is 0 Å². The zero-order valence-electron chi connectivity index (χ0n) is 10.9. The number of aromatic carboxylic acids is 1. The van der Waals surface area contributed by atoms with Gasteiger partial charge in [0.25, 0.3) is 5.69 Å². The second-order valence-electron chi connectivity index (χ2n) is 4.28. The Morgan fingerprint density at radius 3 is 2.57 bits per heavy atom. The number of benzene rings is 2. The number of nitrogens with zero attached hydrogens (tertiary/aromatic N) is 1. The lowest BCUT2D eigenvalue weighted by atomic mass is 10.1. The van der Waals surface area contributed by atoms with Crippen LogP contribution in [0.4, 0.5) is 10.1 Å². The molecule has 0 radical (unpaired) electrons. The number of hydrogen-bond acceptors (Lipinski definition) is 4. The molecule has 0 bridgehead atoms. The van der Waals surface area contributed by atoms with E-state index in [1.54, 1.807) is 6.92 Å². The van der Waals surface area contributed by atoms with Crippen molar-refractivity contribution in [3.63, 3.8) is 0 Å². The number of rotatable bonds is 4. The number of nitro groups is 1. The summed E-state index contributed by atoms with van der Waals surface area (Å²) in [4.78, 5) is 21.1. The van der Waals surface area contributed by atoms with Crippen molar-refractivity contribution in [3.8, 4) is 11.5 Å². The summed E-state index contributed by atoms with van der Waals surface area (Å²) in [5, 5.41) is 19.8. The molecule has 0 unspecified atom stereocenters. The van der Waals surface area contributed by atoms with Gasteiger partial charge in [0, 0.05) is 6.07 Å². The number of carbonyl (C=O) groups is 1. The van der Waals surface area contributed by atoms with Gasteiger partial charge in [0.2, 0.25) is 0 Å². The molecule has 108 valence electrons. The van der Waals surface area contributed by atoms with Crippen molar-refractivity contribution in [1.29, 1.82) is 0 Å². The third kappa shape index (κ3) is 3.14. The second kappa shape index (κ2) is 5.58. The SMILES string of the molecule is Cc1ccc(F)c(Oc2cc([N+](=O)[O-])ccc2C(=O)O)c1.